The van der Waals surface area contributed by atoms with E-state index in [1.54, 1.807) is 6.07 Å². The van der Waals surface area contributed by atoms with Gasteiger partial charge in [0.2, 0.25) is 0 Å². The Morgan fingerprint density at radius 1 is 1.33 bits per heavy atom. The van der Waals surface area contributed by atoms with Crippen molar-refractivity contribution in [2.45, 2.75) is 25.7 Å². The fourth-order valence-corrected chi connectivity index (χ4v) is 2.43. The molecule has 0 aromatic heterocycles. The van der Waals surface area contributed by atoms with Crippen LogP contribution < -0.4 is 5.32 Å². The first-order valence-electron chi connectivity index (χ1n) is 5.44. The molecule has 0 unspecified atom stereocenters. The normalized spacial score (nSPS) is 16.9. The Kier molecular flexibility index (Phi) is 3.62. The highest BCUT2D eigenvalue weighted by Gasteiger charge is 2.14. The Balaban J connectivity index is 1.92. The summed E-state index contributed by atoms with van der Waals surface area (Å²) in [4.78, 5) is 0. The van der Waals surface area contributed by atoms with Gasteiger partial charge in [0.25, 0.3) is 0 Å². The van der Waals surface area contributed by atoms with Crippen molar-refractivity contribution < 1.29 is 4.39 Å². The van der Waals surface area contributed by atoms with Crippen LogP contribution in [0.15, 0.2) is 22.7 Å². The number of anilines is 1. The number of rotatable bonds is 3. The van der Waals surface area contributed by atoms with E-state index in [1.165, 1.54) is 31.7 Å². The van der Waals surface area contributed by atoms with Crippen molar-refractivity contribution in [3.63, 3.8) is 0 Å². The van der Waals surface area contributed by atoms with Crippen LogP contribution in [-0.4, -0.2) is 6.54 Å². The molecule has 1 N–H and O–H groups in total. The van der Waals surface area contributed by atoms with Crippen LogP contribution in [0.5, 0.6) is 0 Å². The highest BCUT2D eigenvalue weighted by Crippen LogP contribution is 2.26. The summed E-state index contributed by atoms with van der Waals surface area (Å²) in [5, 5.41) is 3.19. The van der Waals surface area contributed by atoms with Gasteiger partial charge in [-0.25, -0.2) is 4.39 Å². The molecular weight excluding hydrogens is 257 g/mol. The number of benzene rings is 1. The number of hydrogen-bond acceptors (Lipinski definition) is 1. The summed E-state index contributed by atoms with van der Waals surface area (Å²) in [5.41, 5.74) is 0.616. The Hall–Kier alpha value is -0.570. The summed E-state index contributed by atoms with van der Waals surface area (Å²) in [6, 6.07) is 5.14. The molecule has 2 rings (SSSR count). The Morgan fingerprint density at radius 3 is 2.73 bits per heavy atom. The van der Waals surface area contributed by atoms with Crippen LogP contribution in [0.3, 0.4) is 0 Å². The molecular formula is C12H15BrFN. The van der Waals surface area contributed by atoms with Gasteiger partial charge < -0.3 is 5.32 Å². The first-order valence-corrected chi connectivity index (χ1v) is 6.24. The lowest BCUT2D eigenvalue weighted by Gasteiger charge is -2.12. The summed E-state index contributed by atoms with van der Waals surface area (Å²) in [6.07, 6.45) is 5.22. The Labute approximate surface area is 98.2 Å². The van der Waals surface area contributed by atoms with Gasteiger partial charge in [-0.05, 0) is 37.0 Å². The minimum Gasteiger partial charge on any atom is -0.382 e. The van der Waals surface area contributed by atoms with Crippen molar-refractivity contribution in [1.82, 2.24) is 0 Å². The molecule has 0 atom stereocenters. The lowest BCUT2D eigenvalue weighted by atomic mass is 10.1. The molecule has 0 aliphatic heterocycles. The molecule has 0 radical (unpaired) electrons. The zero-order chi connectivity index (χ0) is 10.7. The maximum atomic E-state index is 13.4. The molecule has 3 heteroatoms. The van der Waals surface area contributed by atoms with E-state index >= 15 is 0 Å². The first kappa shape index (κ1) is 10.9. The third-order valence-corrected chi connectivity index (χ3v) is 3.48. The van der Waals surface area contributed by atoms with Crippen molar-refractivity contribution in [1.29, 1.82) is 0 Å². The van der Waals surface area contributed by atoms with Crippen molar-refractivity contribution in [2.24, 2.45) is 5.92 Å². The van der Waals surface area contributed by atoms with E-state index in [1.807, 2.05) is 6.07 Å². The summed E-state index contributed by atoms with van der Waals surface area (Å²) in [6.45, 7) is 0.901. The smallest absolute Gasteiger partial charge is 0.147 e. The molecule has 1 aromatic carbocycles. The number of hydrogen-bond donors (Lipinski definition) is 1. The van der Waals surface area contributed by atoms with E-state index in [0.717, 1.165) is 16.9 Å². The highest BCUT2D eigenvalue weighted by atomic mass is 79.9. The van der Waals surface area contributed by atoms with Crippen LogP contribution in [0, 0.1) is 11.7 Å². The SMILES string of the molecule is Fc1cc(Br)ccc1NCC1CCCC1. The largest absolute Gasteiger partial charge is 0.382 e. The molecule has 1 aliphatic carbocycles. The molecule has 0 saturated heterocycles. The molecule has 82 valence electrons. The van der Waals surface area contributed by atoms with Gasteiger partial charge in [0.15, 0.2) is 0 Å². The summed E-state index contributed by atoms with van der Waals surface area (Å²) in [5.74, 6) is 0.551. The Morgan fingerprint density at radius 2 is 2.07 bits per heavy atom. The van der Waals surface area contributed by atoms with Gasteiger partial charge in [-0.2, -0.15) is 0 Å². The van der Waals surface area contributed by atoms with Crippen LogP contribution in [0.1, 0.15) is 25.7 Å². The van der Waals surface area contributed by atoms with E-state index in [9.17, 15) is 4.39 Å². The second-order valence-electron chi connectivity index (χ2n) is 4.16. The minimum atomic E-state index is -0.178. The van der Waals surface area contributed by atoms with Gasteiger partial charge in [-0.3, -0.25) is 0 Å². The van der Waals surface area contributed by atoms with Gasteiger partial charge in [0.05, 0.1) is 5.69 Å². The van der Waals surface area contributed by atoms with Gasteiger partial charge >= 0.3 is 0 Å². The maximum absolute atomic E-state index is 13.4. The number of halogens is 2. The molecule has 1 aromatic rings. The Bertz CT molecular complexity index is 334. The minimum absolute atomic E-state index is 0.178. The quantitative estimate of drug-likeness (QED) is 0.869. The van der Waals surface area contributed by atoms with Crippen molar-refractivity contribution in [3.05, 3.63) is 28.5 Å². The highest BCUT2D eigenvalue weighted by molar-refractivity contribution is 9.10. The molecule has 0 amide bonds. The third kappa shape index (κ3) is 2.94. The van der Waals surface area contributed by atoms with E-state index in [4.69, 9.17) is 0 Å². The summed E-state index contributed by atoms with van der Waals surface area (Å²) >= 11 is 3.25. The van der Waals surface area contributed by atoms with Crippen molar-refractivity contribution in [3.8, 4) is 0 Å². The second-order valence-corrected chi connectivity index (χ2v) is 5.07. The average Bonchev–Trinajstić information content (AvgIpc) is 2.69. The molecule has 0 heterocycles. The molecule has 1 saturated carbocycles. The average molecular weight is 272 g/mol. The molecule has 0 spiro atoms. The lowest BCUT2D eigenvalue weighted by molar-refractivity contribution is 0.573. The zero-order valence-electron chi connectivity index (χ0n) is 8.60. The van der Waals surface area contributed by atoms with Crippen LogP contribution in [-0.2, 0) is 0 Å². The van der Waals surface area contributed by atoms with Gasteiger partial charge in [-0.15, -0.1) is 0 Å². The van der Waals surface area contributed by atoms with Crippen LogP contribution >= 0.6 is 15.9 Å². The van der Waals surface area contributed by atoms with E-state index in [0.29, 0.717) is 5.69 Å². The summed E-state index contributed by atoms with van der Waals surface area (Å²) in [7, 11) is 0. The summed E-state index contributed by atoms with van der Waals surface area (Å²) < 4.78 is 14.2. The fraction of sp³-hybridized carbons (Fsp3) is 0.500. The van der Waals surface area contributed by atoms with Crippen LogP contribution in [0.4, 0.5) is 10.1 Å². The molecule has 1 nitrogen and oxygen atoms in total. The zero-order valence-corrected chi connectivity index (χ0v) is 10.2. The topological polar surface area (TPSA) is 12.0 Å². The molecule has 1 fully saturated rings. The molecule has 0 bridgehead atoms. The van der Waals surface area contributed by atoms with E-state index < -0.39 is 0 Å². The molecule has 1 aliphatic rings. The maximum Gasteiger partial charge on any atom is 0.147 e. The standard InChI is InChI=1S/C12H15BrFN/c13-10-5-6-12(11(14)7-10)15-8-9-3-1-2-4-9/h5-7,9,15H,1-4,8H2. The van der Waals surface area contributed by atoms with Crippen molar-refractivity contribution in [2.75, 3.05) is 11.9 Å². The van der Waals surface area contributed by atoms with Gasteiger partial charge in [0.1, 0.15) is 5.82 Å². The predicted molar refractivity (Wildman–Crippen MR) is 64.5 cm³/mol. The monoisotopic (exact) mass is 271 g/mol. The number of nitrogens with one attached hydrogen (secondary N) is 1. The van der Waals surface area contributed by atoms with E-state index in [2.05, 4.69) is 21.2 Å². The van der Waals surface area contributed by atoms with Crippen molar-refractivity contribution >= 4 is 21.6 Å². The fourth-order valence-electron chi connectivity index (χ4n) is 2.10. The van der Waals surface area contributed by atoms with E-state index in [-0.39, 0.29) is 5.82 Å². The van der Waals surface area contributed by atoms with Crippen LogP contribution in [0.25, 0.3) is 0 Å². The van der Waals surface area contributed by atoms with Gasteiger partial charge in [-0.1, -0.05) is 28.8 Å². The molecule has 15 heavy (non-hydrogen) atoms. The van der Waals surface area contributed by atoms with Gasteiger partial charge in [0, 0.05) is 11.0 Å². The third-order valence-electron chi connectivity index (χ3n) is 2.99. The van der Waals surface area contributed by atoms with Crippen LogP contribution in [0.2, 0.25) is 0 Å². The second kappa shape index (κ2) is 4.97. The lowest BCUT2D eigenvalue weighted by Crippen LogP contribution is -2.11. The first-order chi connectivity index (χ1) is 7.25. The predicted octanol–water partition coefficient (Wildman–Crippen LogP) is 4.19.